The summed E-state index contributed by atoms with van der Waals surface area (Å²) < 4.78 is 77.1. The van der Waals surface area contributed by atoms with Crippen molar-refractivity contribution in [3.05, 3.63) is 184 Å². The Balaban J connectivity index is 1.34. The third-order valence-corrected chi connectivity index (χ3v) is 16.5. The van der Waals surface area contributed by atoms with Gasteiger partial charge in [-0.05, 0) is 112 Å². The van der Waals surface area contributed by atoms with Gasteiger partial charge in [-0.2, -0.15) is 4.98 Å². The second-order valence-electron chi connectivity index (χ2n) is 19.6. The fourth-order valence-corrected chi connectivity index (χ4v) is 12.7. The maximum atomic E-state index is 16.6. The topological polar surface area (TPSA) is 202 Å². The number of methoxy groups -OCH3 is 4. The van der Waals surface area contributed by atoms with Crippen LogP contribution in [-0.4, -0.2) is 128 Å². The third-order valence-electron chi connectivity index (χ3n) is 14.0. The average molecular weight is 1090 g/mol. The number of rotatable bonds is 25. The number of nitrogens with zero attached hydrogens (tertiary/aromatic N) is 4. The van der Waals surface area contributed by atoms with E-state index in [2.05, 4.69) is 4.98 Å². The van der Waals surface area contributed by atoms with Crippen molar-refractivity contribution in [3.63, 3.8) is 0 Å². The van der Waals surface area contributed by atoms with Crippen LogP contribution >= 0.6 is 7.75 Å². The summed E-state index contributed by atoms with van der Waals surface area (Å²) >= 11 is 0. The Bertz CT molecular complexity index is 2960. The Kier molecular flexibility index (Phi) is 19.0. The van der Waals surface area contributed by atoms with Gasteiger partial charge in [0.25, 0.3) is 5.91 Å². The number of nitrogens with two attached hydrogens (primary N) is 1. The standard InChI is InChI=1S/C59H70N5O13P/c1-39(2)64(40(3)4)78(68,74-38-46-20-15-34-62(46)56(66)42-21-27-47(70-6)28-22-42)77-54-53(75-57(55(54)73-37-36-69-5)63-35-33-50(60)61-58(63)67)52(51(65)41-16-11-9-12-17-41)76-59(43-18-13-10-14-19-43,44-23-29-48(71-7)30-24-44)45-25-31-49(72-8)32-26-45/h9-14,16-19,21-33,35,39-40,46,52-55,57H,15,20,34,36-38H2,1-8H3,(H2,60,61,67)/t46-,52?,53-,54-,55-,57-,78?/m1/s1. The van der Waals surface area contributed by atoms with Crippen LogP contribution in [0.4, 0.5) is 5.82 Å². The number of ether oxygens (including phenoxy) is 7. The van der Waals surface area contributed by atoms with E-state index in [1.54, 1.807) is 110 Å². The molecule has 0 saturated carbocycles. The molecule has 0 aliphatic carbocycles. The van der Waals surface area contributed by atoms with Gasteiger partial charge < -0.3 is 43.8 Å². The van der Waals surface area contributed by atoms with E-state index in [0.29, 0.717) is 58.9 Å². The average Bonchev–Trinajstić information content (AvgIpc) is 4.19. The quantitative estimate of drug-likeness (QED) is 0.0246. The molecule has 414 valence electrons. The lowest BCUT2D eigenvalue weighted by atomic mass is 9.79. The summed E-state index contributed by atoms with van der Waals surface area (Å²) in [6.07, 6.45) is -4.88. The lowest BCUT2D eigenvalue weighted by Gasteiger charge is -2.42. The number of ketones is 1. The van der Waals surface area contributed by atoms with Crippen molar-refractivity contribution < 1.29 is 56.4 Å². The van der Waals surface area contributed by atoms with Gasteiger partial charge in [-0.1, -0.05) is 84.9 Å². The van der Waals surface area contributed by atoms with E-state index in [4.69, 9.17) is 47.9 Å². The maximum absolute atomic E-state index is 16.6. The van der Waals surface area contributed by atoms with Crippen molar-refractivity contribution in [2.24, 2.45) is 0 Å². The summed E-state index contributed by atoms with van der Waals surface area (Å²) in [6.45, 7) is 7.74. The maximum Gasteiger partial charge on any atom is 0.409 e. The second kappa shape index (κ2) is 25.8. The van der Waals surface area contributed by atoms with Gasteiger partial charge in [-0.15, -0.1) is 0 Å². The first-order valence-electron chi connectivity index (χ1n) is 26.0. The van der Waals surface area contributed by atoms with Crippen LogP contribution in [0.1, 0.15) is 84.2 Å². The zero-order chi connectivity index (χ0) is 55.6. The molecule has 6 aromatic rings. The zero-order valence-corrected chi connectivity index (χ0v) is 46.2. The first kappa shape index (κ1) is 57.4. The van der Waals surface area contributed by atoms with Crippen molar-refractivity contribution in [3.8, 4) is 17.2 Å². The molecule has 2 saturated heterocycles. The number of Topliss-reactive ketones (excluding diaryl/α,β-unsaturated/α-hetero) is 1. The van der Waals surface area contributed by atoms with Crippen molar-refractivity contribution in [2.75, 3.05) is 60.5 Å². The molecule has 2 unspecified atom stereocenters. The molecule has 0 bridgehead atoms. The molecular formula is C59H70N5O13P. The Morgan fingerprint density at radius 3 is 1.82 bits per heavy atom. The lowest BCUT2D eigenvalue weighted by Crippen LogP contribution is -2.51. The largest absolute Gasteiger partial charge is 0.497 e. The summed E-state index contributed by atoms with van der Waals surface area (Å²) in [5.74, 6) is 0.939. The van der Waals surface area contributed by atoms with E-state index in [9.17, 15) is 9.59 Å². The van der Waals surface area contributed by atoms with E-state index in [0.717, 1.165) is 0 Å². The van der Waals surface area contributed by atoms with Crippen LogP contribution in [0.3, 0.4) is 0 Å². The van der Waals surface area contributed by atoms with Crippen LogP contribution in [0.5, 0.6) is 17.2 Å². The van der Waals surface area contributed by atoms with Crippen LogP contribution in [0, 0.1) is 0 Å². The van der Waals surface area contributed by atoms with Gasteiger partial charge in [0, 0.05) is 43.1 Å². The minimum atomic E-state index is -4.65. The Morgan fingerprint density at radius 2 is 1.28 bits per heavy atom. The minimum absolute atomic E-state index is 0.0450. The predicted molar refractivity (Wildman–Crippen MR) is 294 cm³/mol. The van der Waals surface area contributed by atoms with Crippen LogP contribution in [0.15, 0.2) is 151 Å². The smallest absolute Gasteiger partial charge is 0.409 e. The van der Waals surface area contributed by atoms with E-state index in [1.165, 1.54) is 23.9 Å². The predicted octanol–water partition coefficient (Wildman–Crippen LogP) is 8.97. The van der Waals surface area contributed by atoms with Gasteiger partial charge in [0.15, 0.2) is 18.1 Å². The molecule has 2 aliphatic rings. The summed E-state index contributed by atoms with van der Waals surface area (Å²) in [5.41, 5.74) is 6.13. The zero-order valence-electron chi connectivity index (χ0n) is 45.3. The molecule has 3 heterocycles. The van der Waals surface area contributed by atoms with Gasteiger partial charge in [0.05, 0.1) is 47.2 Å². The number of benzene rings is 5. The molecule has 2 fully saturated rings. The number of amides is 1. The molecule has 2 aliphatic heterocycles. The number of carbonyl (C=O) groups is 2. The molecule has 0 radical (unpaired) electrons. The molecule has 1 amide bonds. The molecule has 8 rings (SSSR count). The molecule has 18 nitrogen and oxygen atoms in total. The lowest BCUT2D eigenvalue weighted by molar-refractivity contribution is -0.127. The highest BCUT2D eigenvalue weighted by Gasteiger charge is 2.58. The van der Waals surface area contributed by atoms with Crippen molar-refractivity contribution in [2.45, 2.75) is 94.9 Å². The van der Waals surface area contributed by atoms with Crippen LogP contribution in [0.2, 0.25) is 0 Å². The van der Waals surface area contributed by atoms with E-state index in [1.807, 2.05) is 82.3 Å². The highest BCUT2D eigenvalue weighted by molar-refractivity contribution is 7.51. The van der Waals surface area contributed by atoms with Gasteiger partial charge >= 0.3 is 13.4 Å². The first-order valence-corrected chi connectivity index (χ1v) is 27.5. The van der Waals surface area contributed by atoms with Crippen molar-refractivity contribution >= 4 is 25.3 Å². The number of hydrogen-bond acceptors (Lipinski definition) is 15. The van der Waals surface area contributed by atoms with Gasteiger partial charge in [0.1, 0.15) is 47.0 Å². The molecule has 2 N–H and O–H groups in total. The number of hydrogen-bond donors (Lipinski definition) is 1. The monoisotopic (exact) mass is 1090 g/mol. The first-order chi connectivity index (χ1) is 37.7. The van der Waals surface area contributed by atoms with E-state index >= 15 is 9.36 Å². The molecule has 7 atom stereocenters. The van der Waals surface area contributed by atoms with Crippen LogP contribution in [-0.2, 0) is 38.2 Å². The van der Waals surface area contributed by atoms with E-state index < -0.39 is 73.6 Å². The van der Waals surface area contributed by atoms with Crippen LogP contribution < -0.4 is 25.6 Å². The molecular weight excluding hydrogens is 1020 g/mol. The second-order valence-corrected chi connectivity index (χ2v) is 21.4. The van der Waals surface area contributed by atoms with Gasteiger partial charge in [-0.25, -0.2) is 14.0 Å². The normalized spacial score (nSPS) is 19.7. The Labute approximate surface area is 455 Å². The summed E-state index contributed by atoms with van der Waals surface area (Å²) in [5, 5.41) is 0. The van der Waals surface area contributed by atoms with Gasteiger partial charge in [-0.3, -0.25) is 23.2 Å². The van der Waals surface area contributed by atoms with Crippen LogP contribution in [0.25, 0.3) is 0 Å². The molecule has 19 heteroatoms. The number of anilines is 1. The van der Waals surface area contributed by atoms with E-state index in [-0.39, 0.29) is 37.1 Å². The Morgan fingerprint density at radius 1 is 0.731 bits per heavy atom. The van der Waals surface area contributed by atoms with Crippen molar-refractivity contribution in [1.29, 1.82) is 0 Å². The fourth-order valence-electron chi connectivity index (χ4n) is 10.4. The highest BCUT2D eigenvalue weighted by atomic mass is 31.2. The highest BCUT2D eigenvalue weighted by Crippen LogP contribution is 2.59. The summed E-state index contributed by atoms with van der Waals surface area (Å²) in [7, 11) is 1.57. The molecule has 1 aromatic heterocycles. The number of nitrogen functional groups attached to an aromatic ring is 1. The summed E-state index contributed by atoms with van der Waals surface area (Å²) in [4.78, 5) is 50.1. The van der Waals surface area contributed by atoms with Crippen molar-refractivity contribution in [1.82, 2.24) is 19.1 Å². The third kappa shape index (κ3) is 12.4. The fraction of sp³-hybridized carbons (Fsp3) is 0.390. The minimum Gasteiger partial charge on any atom is -0.497 e. The molecule has 78 heavy (non-hydrogen) atoms. The SMILES string of the molecule is COCCO[C@@H]1[C@H](OP(=O)(OC[C@H]2CCCN2C(=O)c2ccc(OC)cc2)N(C(C)C)C(C)C)[C@@H](C(OC(c2ccccc2)(c2ccc(OC)cc2)c2ccc(OC)cc2)C(=O)c2ccccc2)O[C@H]1n1ccc(N)nc1=O. The van der Waals surface area contributed by atoms with Gasteiger partial charge in [0.2, 0.25) is 0 Å². The Hall–Kier alpha value is -6.73. The molecule has 0 spiro atoms. The summed E-state index contributed by atoms with van der Waals surface area (Å²) in [6, 6.07) is 39.6. The number of likely N-dealkylation sites (tertiary alicyclic amines) is 1. The number of aromatic nitrogens is 2. The molecule has 5 aromatic carbocycles. The number of carbonyl (C=O) groups excluding carboxylic acids is 2.